The minimum absolute atomic E-state index is 1.02. The Hall–Kier alpha value is -0.0800. The second-order valence-corrected chi connectivity index (χ2v) is 3.42. The molecule has 96 valence electrons. The highest BCUT2D eigenvalue weighted by Crippen LogP contribution is 2.01. The van der Waals surface area contributed by atoms with Gasteiger partial charge in [0.1, 0.15) is 0 Å². The number of hydrogen-bond donors (Lipinski definition) is 1. The predicted molar refractivity (Wildman–Crippen MR) is 72.9 cm³/mol. The summed E-state index contributed by atoms with van der Waals surface area (Å²) in [4.78, 5) is 0. The van der Waals surface area contributed by atoms with Crippen LogP contribution in [0.3, 0.4) is 0 Å². The Balaban J connectivity index is -0.000000318. The summed E-state index contributed by atoms with van der Waals surface area (Å²) in [5.74, 6) is 0. The lowest BCUT2D eigenvalue weighted by molar-refractivity contribution is -0.950. The molecule has 0 bridgehead atoms. The highest BCUT2D eigenvalue weighted by molar-refractivity contribution is 4.34. The Labute approximate surface area is 98.6 Å². The van der Waals surface area contributed by atoms with Crippen LogP contribution < -0.4 is 5.43 Å². The maximum atomic E-state index is 3.35. The third-order valence-corrected chi connectivity index (χ3v) is 2.26. The fraction of sp³-hybridized carbons (Fsp3) is 1.00. The molecular weight excluding hydrogens is 184 g/mol. The predicted octanol–water partition coefficient (Wildman–Crippen LogP) is 3.83. The van der Waals surface area contributed by atoms with E-state index in [1.165, 1.54) is 32.4 Å². The Morgan fingerprint density at radius 2 is 1.33 bits per heavy atom. The number of unbranched alkanes of at least 4 members (excludes halogenated alkanes) is 1. The molecule has 0 aliphatic carbocycles. The molecule has 0 spiro atoms. The van der Waals surface area contributed by atoms with Gasteiger partial charge in [-0.1, -0.05) is 48.0 Å². The topological polar surface area (TPSA) is 12.0 Å². The van der Waals surface area contributed by atoms with E-state index < -0.39 is 0 Å². The summed E-state index contributed by atoms with van der Waals surface area (Å²) in [5, 5.41) is 0. The first-order valence-electron chi connectivity index (χ1n) is 6.72. The van der Waals surface area contributed by atoms with Crippen LogP contribution in [0.4, 0.5) is 0 Å². The van der Waals surface area contributed by atoms with Crippen LogP contribution >= 0.6 is 0 Å². The van der Waals surface area contributed by atoms with Crippen molar-refractivity contribution in [1.82, 2.24) is 5.43 Å². The fourth-order valence-corrected chi connectivity index (χ4v) is 1.34. The van der Waals surface area contributed by atoms with Gasteiger partial charge in [0.15, 0.2) is 0 Å². The van der Waals surface area contributed by atoms with Crippen LogP contribution in [-0.4, -0.2) is 31.8 Å². The van der Waals surface area contributed by atoms with Crippen molar-refractivity contribution in [3.8, 4) is 0 Å². The second-order valence-electron chi connectivity index (χ2n) is 3.42. The molecule has 0 saturated heterocycles. The summed E-state index contributed by atoms with van der Waals surface area (Å²) in [6, 6.07) is 0. The zero-order valence-corrected chi connectivity index (χ0v) is 12.5. The van der Waals surface area contributed by atoms with E-state index in [0.29, 0.717) is 0 Å². The monoisotopic (exact) mass is 219 g/mol. The molecule has 0 saturated carbocycles. The first-order valence-corrected chi connectivity index (χ1v) is 6.72. The maximum absolute atomic E-state index is 3.35. The zero-order chi connectivity index (χ0) is 12.7. The highest BCUT2D eigenvalue weighted by atomic mass is 15.6. The first kappa shape index (κ1) is 20.3. The van der Waals surface area contributed by atoms with Gasteiger partial charge in [0.25, 0.3) is 0 Å². The number of quaternary nitrogens is 1. The molecule has 0 aromatic heterocycles. The van der Waals surface area contributed by atoms with Crippen LogP contribution in [-0.2, 0) is 0 Å². The average Bonchev–Trinajstić information content (AvgIpc) is 2.32. The van der Waals surface area contributed by atoms with Gasteiger partial charge in [0.2, 0.25) is 0 Å². The van der Waals surface area contributed by atoms with Crippen LogP contribution in [0.1, 0.15) is 60.8 Å². The van der Waals surface area contributed by atoms with Gasteiger partial charge in [0.05, 0.1) is 20.1 Å². The van der Waals surface area contributed by atoms with E-state index in [4.69, 9.17) is 0 Å². The number of nitrogens with one attached hydrogen (secondary N) is 1. The van der Waals surface area contributed by atoms with Gasteiger partial charge < -0.3 is 0 Å². The normalized spacial score (nSPS) is 12.8. The number of hydrogen-bond acceptors (Lipinski definition) is 1. The van der Waals surface area contributed by atoms with E-state index >= 15 is 0 Å². The Bertz CT molecular complexity index is 94.5. The maximum Gasteiger partial charge on any atom is 0.0959 e. The third kappa shape index (κ3) is 13.9. The summed E-state index contributed by atoms with van der Waals surface area (Å²) in [6.45, 7) is 15.0. The van der Waals surface area contributed by atoms with Crippen molar-refractivity contribution in [2.24, 2.45) is 0 Å². The largest absolute Gasteiger partial charge is 0.248 e. The summed E-state index contributed by atoms with van der Waals surface area (Å²) in [7, 11) is 4.31. The molecule has 0 aromatic rings. The number of rotatable bonds is 6. The van der Waals surface area contributed by atoms with E-state index in [2.05, 4.69) is 26.3 Å². The summed E-state index contributed by atoms with van der Waals surface area (Å²) in [6.07, 6.45) is 3.86. The van der Waals surface area contributed by atoms with Gasteiger partial charge in [-0.2, -0.15) is 5.43 Å². The van der Waals surface area contributed by atoms with Gasteiger partial charge >= 0.3 is 0 Å². The molecule has 0 heterocycles. The SMILES string of the molecule is CC.CC.CCCC[N+](C)(CCC)NC. The van der Waals surface area contributed by atoms with E-state index in [-0.39, 0.29) is 0 Å². The highest BCUT2D eigenvalue weighted by Gasteiger charge is 2.16. The molecule has 2 nitrogen and oxygen atoms in total. The van der Waals surface area contributed by atoms with Crippen molar-refractivity contribution in [3.63, 3.8) is 0 Å². The van der Waals surface area contributed by atoms with Crippen molar-refractivity contribution in [2.45, 2.75) is 60.8 Å². The van der Waals surface area contributed by atoms with Gasteiger partial charge in [0, 0.05) is 7.05 Å². The van der Waals surface area contributed by atoms with Crippen molar-refractivity contribution in [2.75, 3.05) is 27.2 Å². The molecule has 2 heteroatoms. The molecule has 0 amide bonds. The Morgan fingerprint density at radius 3 is 1.60 bits per heavy atom. The summed E-state index contributed by atoms with van der Waals surface area (Å²) < 4.78 is 1.02. The summed E-state index contributed by atoms with van der Waals surface area (Å²) in [5.41, 5.74) is 3.35. The smallest absolute Gasteiger partial charge is 0.0959 e. The Kier molecular flexibility index (Phi) is 22.2. The van der Waals surface area contributed by atoms with Crippen LogP contribution in [0, 0.1) is 0 Å². The molecule has 0 fully saturated rings. The molecule has 0 radical (unpaired) electrons. The van der Waals surface area contributed by atoms with Crippen molar-refractivity contribution >= 4 is 0 Å². The first-order chi connectivity index (χ1) is 7.18. The molecule has 1 atom stereocenters. The summed E-state index contributed by atoms with van der Waals surface area (Å²) >= 11 is 0. The van der Waals surface area contributed by atoms with E-state index in [9.17, 15) is 0 Å². The van der Waals surface area contributed by atoms with Crippen molar-refractivity contribution in [3.05, 3.63) is 0 Å². The van der Waals surface area contributed by atoms with Crippen molar-refractivity contribution in [1.29, 1.82) is 0 Å². The zero-order valence-electron chi connectivity index (χ0n) is 12.5. The molecule has 0 aliphatic rings. The van der Waals surface area contributed by atoms with E-state index in [0.717, 1.165) is 4.59 Å². The Morgan fingerprint density at radius 1 is 0.867 bits per heavy atom. The molecule has 0 aromatic carbocycles. The fourth-order valence-electron chi connectivity index (χ4n) is 1.34. The third-order valence-electron chi connectivity index (χ3n) is 2.26. The van der Waals surface area contributed by atoms with Crippen LogP contribution in [0.5, 0.6) is 0 Å². The van der Waals surface area contributed by atoms with Gasteiger partial charge in [-0.05, 0) is 12.8 Å². The number of nitrogens with zero attached hydrogens (tertiary/aromatic N) is 1. The molecule has 15 heavy (non-hydrogen) atoms. The van der Waals surface area contributed by atoms with E-state index in [1.807, 2.05) is 34.7 Å². The molecular formula is C13H35N2+. The van der Waals surface area contributed by atoms with Gasteiger partial charge in [-0.15, -0.1) is 0 Å². The lowest BCUT2D eigenvalue weighted by Crippen LogP contribution is -2.54. The average molecular weight is 219 g/mol. The molecule has 0 aliphatic heterocycles. The molecule has 1 N–H and O–H groups in total. The van der Waals surface area contributed by atoms with E-state index in [1.54, 1.807) is 0 Å². The molecule has 0 rings (SSSR count). The minimum Gasteiger partial charge on any atom is -0.248 e. The van der Waals surface area contributed by atoms with Crippen LogP contribution in [0.2, 0.25) is 0 Å². The standard InChI is InChI=1S/C9H23N2.2C2H6/c1-5-7-9-11(4,10-3)8-6-2;2*1-2/h10H,5-9H2,1-4H3;2*1-2H3/q+1;;. The second kappa shape index (κ2) is 16.4. The lowest BCUT2D eigenvalue weighted by atomic mass is 10.3. The lowest BCUT2D eigenvalue weighted by Gasteiger charge is -2.32. The quantitative estimate of drug-likeness (QED) is 0.529. The van der Waals surface area contributed by atoms with Crippen LogP contribution in [0.15, 0.2) is 0 Å². The van der Waals surface area contributed by atoms with Crippen molar-refractivity contribution < 1.29 is 4.59 Å². The van der Waals surface area contributed by atoms with Gasteiger partial charge in [-0.3, -0.25) is 0 Å². The van der Waals surface area contributed by atoms with Gasteiger partial charge in [-0.25, -0.2) is 4.59 Å². The minimum atomic E-state index is 1.02. The van der Waals surface area contributed by atoms with Crippen LogP contribution in [0.25, 0.3) is 0 Å². The molecule has 1 unspecified atom stereocenters.